The molecule has 1 aromatic heterocycles. The molecule has 1 aliphatic heterocycles. The molecule has 1 fully saturated rings. The van der Waals surface area contributed by atoms with Crippen LogP contribution in [-0.2, 0) is 0 Å². The lowest BCUT2D eigenvalue weighted by Gasteiger charge is -2.19. The lowest BCUT2D eigenvalue weighted by molar-refractivity contribution is 0.0758. The topological polar surface area (TPSA) is 62.9 Å². The van der Waals surface area contributed by atoms with E-state index in [1.807, 2.05) is 42.5 Å². The van der Waals surface area contributed by atoms with Crippen LogP contribution in [0.15, 0.2) is 63.8 Å². The molecule has 5 heteroatoms. The highest BCUT2D eigenvalue weighted by Crippen LogP contribution is 2.29. The number of nitrogens with zero attached hydrogens (tertiary/aromatic N) is 1. The van der Waals surface area contributed by atoms with Crippen molar-refractivity contribution in [2.45, 2.75) is 18.9 Å². The molecule has 2 heterocycles. The third kappa shape index (κ3) is 4.21. The first-order valence-corrected chi connectivity index (χ1v) is 9.35. The number of ether oxygens (including phenoxy) is 1. The van der Waals surface area contributed by atoms with Gasteiger partial charge in [-0.1, -0.05) is 30.3 Å². The highest BCUT2D eigenvalue weighted by molar-refractivity contribution is 5.93. The van der Waals surface area contributed by atoms with E-state index in [1.165, 1.54) is 18.9 Å². The summed E-state index contributed by atoms with van der Waals surface area (Å²) in [5, 5.41) is 11.0. The zero-order valence-corrected chi connectivity index (χ0v) is 15.1. The predicted octanol–water partition coefficient (Wildman–Crippen LogP) is 3.30. The standard InChI is InChI=1S/C22H23NO4/c24-17(14-23-10-4-5-11-23)15-26-18-8-9-19-20(16-6-2-1-3-7-16)13-22(25)27-21(19)12-18/h1-3,6-9,12-13,17,24H,4-5,10-11,14-15H2. The van der Waals surface area contributed by atoms with Gasteiger partial charge in [-0.2, -0.15) is 0 Å². The Bertz CT molecular complexity index is 961. The molecule has 1 N–H and O–H groups in total. The predicted molar refractivity (Wildman–Crippen MR) is 105 cm³/mol. The van der Waals surface area contributed by atoms with Crippen molar-refractivity contribution in [2.24, 2.45) is 0 Å². The van der Waals surface area contributed by atoms with E-state index in [4.69, 9.17) is 9.15 Å². The van der Waals surface area contributed by atoms with Gasteiger partial charge in [0.1, 0.15) is 24.0 Å². The van der Waals surface area contributed by atoms with E-state index in [-0.39, 0.29) is 6.61 Å². The Balaban J connectivity index is 1.53. The minimum absolute atomic E-state index is 0.213. The number of likely N-dealkylation sites (tertiary alicyclic amines) is 1. The first-order valence-electron chi connectivity index (χ1n) is 9.35. The maximum Gasteiger partial charge on any atom is 0.336 e. The molecule has 1 unspecified atom stereocenters. The van der Waals surface area contributed by atoms with E-state index in [2.05, 4.69) is 4.90 Å². The summed E-state index contributed by atoms with van der Waals surface area (Å²) in [4.78, 5) is 14.2. The summed E-state index contributed by atoms with van der Waals surface area (Å²) in [5.74, 6) is 0.580. The fourth-order valence-corrected chi connectivity index (χ4v) is 3.60. The van der Waals surface area contributed by atoms with Crippen molar-refractivity contribution < 1.29 is 14.3 Å². The average Bonchev–Trinajstić information content (AvgIpc) is 3.19. The molecule has 0 spiro atoms. The summed E-state index contributed by atoms with van der Waals surface area (Å²) < 4.78 is 11.1. The Labute approximate surface area is 157 Å². The Morgan fingerprint density at radius 3 is 2.63 bits per heavy atom. The molecular weight excluding hydrogens is 342 g/mol. The second-order valence-corrected chi connectivity index (χ2v) is 6.98. The van der Waals surface area contributed by atoms with Crippen molar-refractivity contribution in [1.82, 2.24) is 4.90 Å². The van der Waals surface area contributed by atoms with Crippen molar-refractivity contribution in [1.29, 1.82) is 0 Å². The smallest absolute Gasteiger partial charge is 0.336 e. The molecule has 0 amide bonds. The number of aliphatic hydroxyl groups is 1. The van der Waals surface area contributed by atoms with Crippen LogP contribution >= 0.6 is 0 Å². The number of benzene rings is 2. The molecule has 0 radical (unpaired) electrons. The highest BCUT2D eigenvalue weighted by Gasteiger charge is 2.16. The van der Waals surface area contributed by atoms with Crippen LogP contribution in [0.25, 0.3) is 22.1 Å². The van der Waals surface area contributed by atoms with E-state index in [1.54, 1.807) is 6.07 Å². The summed E-state index contributed by atoms with van der Waals surface area (Å²) in [6.45, 7) is 2.92. The van der Waals surface area contributed by atoms with Crippen molar-refractivity contribution in [3.8, 4) is 16.9 Å². The number of aliphatic hydroxyl groups excluding tert-OH is 1. The maximum absolute atomic E-state index is 12.0. The van der Waals surface area contributed by atoms with Crippen LogP contribution in [0.2, 0.25) is 0 Å². The Morgan fingerprint density at radius 2 is 1.85 bits per heavy atom. The average molecular weight is 365 g/mol. The van der Waals surface area contributed by atoms with Gasteiger partial charge >= 0.3 is 5.63 Å². The third-order valence-corrected chi connectivity index (χ3v) is 4.91. The third-order valence-electron chi connectivity index (χ3n) is 4.91. The largest absolute Gasteiger partial charge is 0.491 e. The molecule has 4 rings (SSSR count). The summed E-state index contributed by atoms with van der Waals surface area (Å²) in [5.41, 5.74) is 1.88. The van der Waals surface area contributed by atoms with E-state index < -0.39 is 11.7 Å². The molecular formula is C22H23NO4. The fraction of sp³-hybridized carbons (Fsp3) is 0.318. The summed E-state index contributed by atoms with van der Waals surface area (Å²) in [6, 6.07) is 16.7. The van der Waals surface area contributed by atoms with Gasteiger partial charge in [0.2, 0.25) is 0 Å². The fourth-order valence-electron chi connectivity index (χ4n) is 3.60. The Kier molecular flexibility index (Phi) is 5.23. The van der Waals surface area contributed by atoms with Gasteiger partial charge in [0.15, 0.2) is 0 Å². The van der Waals surface area contributed by atoms with Crippen molar-refractivity contribution in [3.63, 3.8) is 0 Å². The zero-order valence-electron chi connectivity index (χ0n) is 15.1. The monoisotopic (exact) mass is 365 g/mol. The number of hydrogen-bond acceptors (Lipinski definition) is 5. The minimum atomic E-state index is -0.540. The molecule has 0 saturated carbocycles. The Morgan fingerprint density at radius 1 is 1.07 bits per heavy atom. The number of hydrogen-bond donors (Lipinski definition) is 1. The van der Waals surface area contributed by atoms with Crippen LogP contribution in [0.1, 0.15) is 12.8 Å². The van der Waals surface area contributed by atoms with E-state index >= 15 is 0 Å². The van der Waals surface area contributed by atoms with Crippen LogP contribution in [-0.4, -0.2) is 42.4 Å². The number of rotatable bonds is 6. The lowest BCUT2D eigenvalue weighted by atomic mass is 10.0. The van der Waals surface area contributed by atoms with Gasteiger partial charge in [-0.15, -0.1) is 0 Å². The molecule has 140 valence electrons. The first kappa shape index (κ1) is 17.8. The van der Waals surface area contributed by atoms with Crippen LogP contribution in [0.4, 0.5) is 0 Å². The molecule has 27 heavy (non-hydrogen) atoms. The van der Waals surface area contributed by atoms with Crippen molar-refractivity contribution in [2.75, 3.05) is 26.2 Å². The molecule has 1 atom stereocenters. The lowest BCUT2D eigenvalue weighted by Crippen LogP contribution is -2.33. The SMILES string of the molecule is O=c1cc(-c2ccccc2)c2ccc(OCC(O)CN3CCCC3)cc2o1. The Hall–Kier alpha value is -2.63. The summed E-state index contributed by atoms with van der Waals surface area (Å²) >= 11 is 0. The van der Waals surface area contributed by atoms with Crippen LogP contribution in [0.5, 0.6) is 5.75 Å². The van der Waals surface area contributed by atoms with Gasteiger partial charge in [-0.05, 0) is 49.2 Å². The summed E-state index contributed by atoms with van der Waals surface area (Å²) in [6.07, 6.45) is 1.85. The minimum Gasteiger partial charge on any atom is -0.491 e. The molecule has 2 aromatic carbocycles. The molecule has 0 aliphatic carbocycles. The molecule has 1 saturated heterocycles. The molecule has 5 nitrogen and oxygen atoms in total. The molecule has 1 aliphatic rings. The quantitative estimate of drug-likeness (QED) is 0.679. The van der Waals surface area contributed by atoms with Crippen molar-refractivity contribution >= 4 is 11.0 Å². The van der Waals surface area contributed by atoms with Gasteiger partial charge in [0.25, 0.3) is 0 Å². The van der Waals surface area contributed by atoms with Gasteiger partial charge < -0.3 is 19.2 Å². The van der Waals surface area contributed by atoms with Crippen molar-refractivity contribution in [3.05, 3.63) is 65.0 Å². The maximum atomic E-state index is 12.0. The van der Waals surface area contributed by atoms with Gasteiger partial charge in [0, 0.05) is 24.1 Å². The number of fused-ring (bicyclic) bond motifs is 1. The second kappa shape index (κ2) is 7.94. The van der Waals surface area contributed by atoms with E-state index in [0.717, 1.165) is 29.6 Å². The van der Waals surface area contributed by atoms with E-state index in [0.29, 0.717) is 17.9 Å². The second-order valence-electron chi connectivity index (χ2n) is 6.98. The molecule has 0 bridgehead atoms. The molecule has 3 aromatic rings. The number of β-amino-alcohol motifs (C(OH)–C–C–N with tert-alkyl or cyclic N) is 1. The normalized spacial score (nSPS) is 15.9. The van der Waals surface area contributed by atoms with Gasteiger partial charge in [0.05, 0.1) is 0 Å². The first-order chi connectivity index (χ1) is 13.2. The van der Waals surface area contributed by atoms with Crippen LogP contribution in [0.3, 0.4) is 0 Å². The van der Waals surface area contributed by atoms with Gasteiger partial charge in [-0.3, -0.25) is 0 Å². The van der Waals surface area contributed by atoms with Crippen LogP contribution < -0.4 is 10.4 Å². The van der Waals surface area contributed by atoms with Crippen LogP contribution in [0, 0.1) is 0 Å². The summed E-state index contributed by atoms with van der Waals surface area (Å²) in [7, 11) is 0. The van der Waals surface area contributed by atoms with E-state index in [9.17, 15) is 9.90 Å². The highest BCUT2D eigenvalue weighted by atomic mass is 16.5. The van der Waals surface area contributed by atoms with Gasteiger partial charge in [-0.25, -0.2) is 4.79 Å². The zero-order chi connectivity index (χ0) is 18.6.